The smallest absolute Gasteiger partial charge is 0.197 e. The second-order valence-electron chi connectivity index (χ2n) is 4.36. The van der Waals surface area contributed by atoms with Crippen molar-refractivity contribution in [3.8, 4) is 0 Å². The van der Waals surface area contributed by atoms with Gasteiger partial charge in [-0.1, -0.05) is 0 Å². The monoisotopic (exact) mass is 252 g/mol. The molecule has 16 heavy (non-hydrogen) atoms. The predicted molar refractivity (Wildman–Crippen MR) is 54.4 cm³/mol. The van der Waals surface area contributed by atoms with E-state index in [-0.39, 0.29) is 12.2 Å². The lowest BCUT2D eigenvalue weighted by Crippen LogP contribution is -2.25. The number of rotatable bonds is 3. The first kappa shape index (κ1) is 13.2. The molecule has 0 radical (unpaired) electrons. The highest BCUT2D eigenvalue weighted by atomic mass is 28.4. The van der Waals surface area contributed by atoms with E-state index < -0.39 is 31.6 Å². The molecule has 1 aromatic carbocycles. The second kappa shape index (κ2) is 4.55. The molecule has 0 heterocycles. The number of benzene rings is 1. The standard InChI is InChI=1S/C10H12F4OSi/c1-16(2,3)15-5-6-4-7(11)9(13)10(14)8(6)12/h4H,5H2,1-3H3. The molecule has 0 aliphatic heterocycles. The van der Waals surface area contributed by atoms with Crippen LogP contribution in [0.25, 0.3) is 0 Å². The third kappa shape index (κ3) is 3.05. The average Bonchev–Trinajstić information content (AvgIpc) is 2.17. The lowest BCUT2D eigenvalue weighted by atomic mass is 10.2. The Hall–Kier alpha value is -0.883. The van der Waals surface area contributed by atoms with E-state index in [4.69, 9.17) is 4.43 Å². The zero-order valence-corrected chi connectivity index (χ0v) is 10.2. The van der Waals surface area contributed by atoms with Gasteiger partial charge in [0.15, 0.2) is 31.6 Å². The van der Waals surface area contributed by atoms with Crippen molar-refractivity contribution >= 4 is 8.32 Å². The van der Waals surface area contributed by atoms with Gasteiger partial charge >= 0.3 is 0 Å². The Morgan fingerprint density at radius 3 is 2.06 bits per heavy atom. The molecule has 6 heteroatoms. The summed E-state index contributed by atoms with van der Waals surface area (Å²) in [6.07, 6.45) is 0. The molecule has 1 rings (SSSR count). The summed E-state index contributed by atoms with van der Waals surface area (Å²) in [5, 5.41) is 0. The average molecular weight is 252 g/mol. The van der Waals surface area contributed by atoms with Crippen LogP contribution >= 0.6 is 0 Å². The predicted octanol–water partition coefficient (Wildman–Crippen LogP) is 3.59. The van der Waals surface area contributed by atoms with Crippen molar-refractivity contribution < 1.29 is 22.0 Å². The van der Waals surface area contributed by atoms with Gasteiger partial charge in [0.2, 0.25) is 0 Å². The number of halogens is 4. The first-order valence-corrected chi connectivity index (χ1v) is 8.09. The summed E-state index contributed by atoms with van der Waals surface area (Å²) < 4.78 is 56.7. The van der Waals surface area contributed by atoms with E-state index in [0.717, 1.165) is 0 Å². The number of hydrogen-bond acceptors (Lipinski definition) is 1. The molecule has 0 bridgehead atoms. The fraction of sp³-hybridized carbons (Fsp3) is 0.400. The van der Waals surface area contributed by atoms with Gasteiger partial charge < -0.3 is 4.43 Å². The third-order valence-corrected chi connectivity index (χ3v) is 2.85. The van der Waals surface area contributed by atoms with Crippen LogP contribution in [-0.2, 0) is 11.0 Å². The van der Waals surface area contributed by atoms with E-state index in [0.29, 0.717) is 6.07 Å². The summed E-state index contributed by atoms with van der Waals surface area (Å²) in [4.78, 5) is 0. The SMILES string of the molecule is C[Si](C)(C)OCc1cc(F)c(F)c(F)c1F. The van der Waals surface area contributed by atoms with E-state index in [1.54, 1.807) is 0 Å². The summed E-state index contributed by atoms with van der Waals surface area (Å²) in [5.74, 6) is -6.39. The van der Waals surface area contributed by atoms with Crippen LogP contribution in [0.2, 0.25) is 19.6 Å². The van der Waals surface area contributed by atoms with Gasteiger partial charge in [0.1, 0.15) is 0 Å². The molecule has 0 saturated carbocycles. The molecule has 0 amide bonds. The van der Waals surface area contributed by atoms with Gasteiger partial charge in [0, 0.05) is 5.56 Å². The molecular formula is C10H12F4OSi. The van der Waals surface area contributed by atoms with Gasteiger partial charge in [0.25, 0.3) is 0 Å². The third-order valence-electron chi connectivity index (χ3n) is 1.84. The quantitative estimate of drug-likeness (QED) is 0.346. The summed E-state index contributed by atoms with van der Waals surface area (Å²) in [6.45, 7) is 5.29. The summed E-state index contributed by atoms with van der Waals surface area (Å²) in [5.41, 5.74) is -0.307. The Bertz CT molecular complexity index is 401. The molecular weight excluding hydrogens is 240 g/mol. The highest BCUT2D eigenvalue weighted by molar-refractivity contribution is 6.69. The Morgan fingerprint density at radius 1 is 1.00 bits per heavy atom. The Labute approximate surface area is 92.2 Å². The molecule has 0 aliphatic rings. The van der Waals surface area contributed by atoms with Crippen molar-refractivity contribution in [2.24, 2.45) is 0 Å². The first-order valence-electron chi connectivity index (χ1n) is 4.68. The van der Waals surface area contributed by atoms with E-state index in [1.165, 1.54) is 0 Å². The fourth-order valence-electron chi connectivity index (χ4n) is 1.02. The van der Waals surface area contributed by atoms with E-state index in [1.807, 2.05) is 19.6 Å². The zero-order valence-electron chi connectivity index (χ0n) is 9.20. The van der Waals surface area contributed by atoms with Crippen LogP contribution in [0.15, 0.2) is 6.07 Å². The van der Waals surface area contributed by atoms with Gasteiger partial charge in [-0.15, -0.1) is 0 Å². The van der Waals surface area contributed by atoms with Gasteiger partial charge in [-0.2, -0.15) is 0 Å². The lowest BCUT2D eigenvalue weighted by molar-refractivity contribution is 0.286. The number of hydrogen-bond donors (Lipinski definition) is 0. The minimum absolute atomic E-state index is 0.254. The molecule has 90 valence electrons. The van der Waals surface area contributed by atoms with E-state index in [9.17, 15) is 17.6 Å². The molecule has 0 spiro atoms. The van der Waals surface area contributed by atoms with Gasteiger partial charge in [0.05, 0.1) is 6.61 Å². The van der Waals surface area contributed by atoms with Crippen LogP contribution < -0.4 is 0 Å². The molecule has 0 atom stereocenters. The summed E-state index contributed by atoms with van der Waals surface area (Å²) in [6, 6.07) is 0.619. The molecule has 0 aromatic heterocycles. The molecule has 0 saturated heterocycles. The summed E-state index contributed by atoms with van der Waals surface area (Å²) in [7, 11) is -1.92. The summed E-state index contributed by atoms with van der Waals surface area (Å²) >= 11 is 0. The van der Waals surface area contributed by atoms with E-state index in [2.05, 4.69) is 0 Å². The largest absolute Gasteiger partial charge is 0.413 e. The van der Waals surface area contributed by atoms with Gasteiger partial charge in [-0.05, 0) is 25.7 Å². The van der Waals surface area contributed by atoms with Crippen LogP contribution in [0.1, 0.15) is 5.56 Å². The van der Waals surface area contributed by atoms with Crippen molar-refractivity contribution in [3.05, 3.63) is 34.9 Å². The lowest BCUT2D eigenvalue weighted by Gasteiger charge is -2.17. The normalized spacial score (nSPS) is 11.9. The minimum Gasteiger partial charge on any atom is -0.413 e. The van der Waals surface area contributed by atoms with Crippen molar-refractivity contribution in [1.82, 2.24) is 0 Å². The maximum absolute atomic E-state index is 13.2. The van der Waals surface area contributed by atoms with Crippen LogP contribution in [-0.4, -0.2) is 8.32 Å². The molecule has 0 aliphatic carbocycles. The van der Waals surface area contributed by atoms with Crippen molar-refractivity contribution in [2.45, 2.75) is 26.2 Å². The second-order valence-corrected chi connectivity index (χ2v) is 8.87. The Morgan fingerprint density at radius 2 is 1.56 bits per heavy atom. The fourth-order valence-corrected chi connectivity index (χ4v) is 1.61. The maximum atomic E-state index is 13.2. The highest BCUT2D eigenvalue weighted by Gasteiger charge is 2.21. The van der Waals surface area contributed by atoms with Crippen LogP contribution in [0.5, 0.6) is 0 Å². The molecule has 1 nitrogen and oxygen atoms in total. The van der Waals surface area contributed by atoms with Crippen LogP contribution in [0, 0.1) is 23.3 Å². The Balaban J connectivity index is 2.98. The minimum atomic E-state index is -1.92. The van der Waals surface area contributed by atoms with Crippen molar-refractivity contribution in [3.63, 3.8) is 0 Å². The highest BCUT2D eigenvalue weighted by Crippen LogP contribution is 2.20. The maximum Gasteiger partial charge on any atom is 0.197 e. The van der Waals surface area contributed by atoms with Crippen molar-refractivity contribution in [2.75, 3.05) is 0 Å². The zero-order chi connectivity index (χ0) is 12.5. The first-order chi connectivity index (χ1) is 7.22. The molecule has 0 fully saturated rings. The topological polar surface area (TPSA) is 9.23 Å². The van der Waals surface area contributed by atoms with Gasteiger partial charge in [-0.25, -0.2) is 17.6 Å². The molecule has 0 N–H and O–H groups in total. The molecule has 1 aromatic rings. The Kier molecular flexibility index (Phi) is 3.74. The molecule has 0 unspecified atom stereocenters. The van der Waals surface area contributed by atoms with Gasteiger partial charge in [-0.3, -0.25) is 0 Å². The van der Waals surface area contributed by atoms with E-state index >= 15 is 0 Å². The van der Waals surface area contributed by atoms with Crippen LogP contribution in [0.4, 0.5) is 17.6 Å². The van der Waals surface area contributed by atoms with Crippen molar-refractivity contribution in [1.29, 1.82) is 0 Å². The van der Waals surface area contributed by atoms with Crippen LogP contribution in [0.3, 0.4) is 0 Å².